The Hall–Kier alpha value is -1.12. The number of rotatable bonds is 3. The molecule has 0 aromatic rings. The standard InChI is InChI=1S/C9H15NO2/c1-5-9(12)10(8(4)11)6-7(2)3/h2,5-6H2,1,3-4H3. The van der Waals surface area contributed by atoms with Crippen LogP contribution < -0.4 is 0 Å². The van der Waals surface area contributed by atoms with Gasteiger partial charge in [-0.2, -0.15) is 0 Å². The van der Waals surface area contributed by atoms with Crippen LogP contribution in [0.3, 0.4) is 0 Å². The van der Waals surface area contributed by atoms with E-state index in [2.05, 4.69) is 6.58 Å². The van der Waals surface area contributed by atoms with Crippen LogP contribution in [0.5, 0.6) is 0 Å². The first-order valence-electron chi connectivity index (χ1n) is 3.94. The van der Waals surface area contributed by atoms with Gasteiger partial charge in [0.05, 0.1) is 0 Å². The Morgan fingerprint density at radius 1 is 1.33 bits per heavy atom. The van der Waals surface area contributed by atoms with Crippen molar-refractivity contribution in [1.82, 2.24) is 4.90 Å². The fraction of sp³-hybridized carbons (Fsp3) is 0.556. The SMILES string of the molecule is C=C(C)CN(C(C)=O)C(=O)CC. The molecular formula is C9H15NO2. The van der Waals surface area contributed by atoms with Crippen LogP contribution in [0, 0.1) is 0 Å². The molecule has 0 N–H and O–H groups in total. The molecule has 3 heteroatoms. The molecule has 0 aromatic heterocycles. The lowest BCUT2D eigenvalue weighted by atomic mass is 10.3. The fourth-order valence-corrected chi connectivity index (χ4v) is 0.836. The highest BCUT2D eigenvalue weighted by molar-refractivity contribution is 5.94. The second kappa shape index (κ2) is 4.70. The van der Waals surface area contributed by atoms with Crippen LogP contribution >= 0.6 is 0 Å². The van der Waals surface area contributed by atoms with E-state index in [9.17, 15) is 9.59 Å². The highest BCUT2D eigenvalue weighted by atomic mass is 16.2. The Morgan fingerprint density at radius 3 is 2.08 bits per heavy atom. The molecule has 0 aliphatic rings. The minimum absolute atomic E-state index is 0.148. The van der Waals surface area contributed by atoms with Crippen molar-refractivity contribution >= 4 is 11.8 Å². The highest BCUT2D eigenvalue weighted by Crippen LogP contribution is 1.99. The normalized spacial score (nSPS) is 9.25. The van der Waals surface area contributed by atoms with E-state index in [-0.39, 0.29) is 11.8 Å². The molecule has 0 aliphatic heterocycles. The van der Waals surface area contributed by atoms with Gasteiger partial charge < -0.3 is 0 Å². The van der Waals surface area contributed by atoms with Crippen molar-refractivity contribution in [2.75, 3.05) is 6.54 Å². The van der Waals surface area contributed by atoms with Gasteiger partial charge in [0.25, 0.3) is 0 Å². The second-order valence-electron chi connectivity index (χ2n) is 2.81. The number of imide groups is 1. The molecule has 0 aromatic carbocycles. The quantitative estimate of drug-likeness (QED) is 0.598. The molecule has 0 rings (SSSR count). The number of carbonyl (C=O) groups excluding carboxylic acids is 2. The average Bonchev–Trinajstić information content (AvgIpc) is 1.98. The fourth-order valence-electron chi connectivity index (χ4n) is 0.836. The van der Waals surface area contributed by atoms with Gasteiger partial charge in [-0.3, -0.25) is 14.5 Å². The van der Waals surface area contributed by atoms with Crippen molar-refractivity contribution < 1.29 is 9.59 Å². The molecule has 12 heavy (non-hydrogen) atoms. The summed E-state index contributed by atoms with van der Waals surface area (Å²) in [5.74, 6) is -0.365. The van der Waals surface area contributed by atoms with Crippen molar-refractivity contribution in [1.29, 1.82) is 0 Å². The predicted molar refractivity (Wildman–Crippen MR) is 47.5 cm³/mol. The predicted octanol–water partition coefficient (Wildman–Crippen LogP) is 1.35. The zero-order valence-corrected chi connectivity index (χ0v) is 7.89. The first-order valence-corrected chi connectivity index (χ1v) is 3.94. The Bertz CT molecular complexity index is 209. The monoisotopic (exact) mass is 169 g/mol. The van der Waals surface area contributed by atoms with Gasteiger partial charge >= 0.3 is 0 Å². The molecule has 0 radical (unpaired) electrons. The zero-order valence-electron chi connectivity index (χ0n) is 7.89. The topological polar surface area (TPSA) is 37.4 Å². The molecule has 2 amide bonds. The lowest BCUT2D eigenvalue weighted by Crippen LogP contribution is -2.35. The largest absolute Gasteiger partial charge is 0.279 e. The van der Waals surface area contributed by atoms with E-state index in [1.165, 1.54) is 11.8 Å². The van der Waals surface area contributed by atoms with Gasteiger partial charge in [0.15, 0.2) is 0 Å². The molecule has 0 heterocycles. The minimum Gasteiger partial charge on any atom is -0.279 e. The third-order valence-corrected chi connectivity index (χ3v) is 1.41. The smallest absolute Gasteiger partial charge is 0.229 e. The van der Waals surface area contributed by atoms with Crippen LogP contribution in [0.25, 0.3) is 0 Å². The first kappa shape index (κ1) is 10.9. The molecule has 0 bridgehead atoms. The van der Waals surface area contributed by atoms with Gasteiger partial charge in [-0.25, -0.2) is 0 Å². The number of nitrogens with zero attached hydrogens (tertiary/aromatic N) is 1. The highest BCUT2D eigenvalue weighted by Gasteiger charge is 2.14. The summed E-state index contributed by atoms with van der Waals surface area (Å²) >= 11 is 0. The van der Waals surface area contributed by atoms with Gasteiger partial charge in [0.1, 0.15) is 0 Å². The van der Waals surface area contributed by atoms with Crippen LogP contribution in [0.4, 0.5) is 0 Å². The van der Waals surface area contributed by atoms with Crippen molar-refractivity contribution in [3.63, 3.8) is 0 Å². The van der Waals surface area contributed by atoms with Gasteiger partial charge in [-0.1, -0.05) is 19.1 Å². The van der Waals surface area contributed by atoms with Crippen LogP contribution in [0.1, 0.15) is 27.2 Å². The van der Waals surface area contributed by atoms with E-state index < -0.39 is 0 Å². The Balaban J connectivity index is 4.33. The van der Waals surface area contributed by atoms with Crippen LogP contribution in [-0.2, 0) is 9.59 Å². The number of hydrogen-bond donors (Lipinski definition) is 0. The molecule has 68 valence electrons. The number of hydrogen-bond acceptors (Lipinski definition) is 2. The maximum atomic E-state index is 11.2. The Labute approximate surface area is 73.1 Å². The second-order valence-corrected chi connectivity index (χ2v) is 2.81. The lowest BCUT2D eigenvalue weighted by molar-refractivity contribution is -0.142. The summed E-state index contributed by atoms with van der Waals surface area (Å²) in [6, 6.07) is 0. The van der Waals surface area contributed by atoms with E-state index in [0.29, 0.717) is 13.0 Å². The Morgan fingerprint density at radius 2 is 1.83 bits per heavy atom. The molecule has 0 saturated heterocycles. The van der Waals surface area contributed by atoms with E-state index in [4.69, 9.17) is 0 Å². The van der Waals surface area contributed by atoms with Crippen molar-refractivity contribution in [2.24, 2.45) is 0 Å². The van der Waals surface area contributed by atoms with Crippen LogP contribution in [0.15, 0.2) is 12.2 Å². The first-order chi connectivity index (χ1) is 5.49. The molecule has 0 atom stereocenters. The minimum atomic E-state index is -0.218. The molecule has 0 aliphatic carbocycles. The van der Waals surface area contributed by atoms with Crippen molar-refractivity contribution in [2.45, 2.75) is 27.2 Å². The van der Waals surface area contributed by atoms with E-state index in [1.54, 1.807) is 13.8 Å². The summed E-state index contributed by atoms with van der Waals surface area (Å²) in [6.45, 7) is 8.89. The lowest BCUT2D eigenvalue weighted by Gasteiger charge is -2.17. The number of carbonyl (C=O) groups is 2. The molecule has 3 nitrogen and oxygen atoms in total. The summed E-state index contributed by atoms with van der Waals surface area (Å²) < 4.78 is 0. The van der Waals surface area contributed by atoms with Gasteiger partial charge in [-0.05, 0) is 6.92 Å². The molecule has 0 fully saturated rings. The third kappa shape index (κ3) is 3.32. The van der Waals surface area contributed by atoms with Crippen molar-refractivity contribution in [3.05, 3.63) is 12.2 Å². The summed E-state index contributed by atoms with van der Waals surface area (Å²) in [7, 11) is 0. The summed E-state index contributed by atoms with van der Waals surface area (Å²) in [4.78, 5) is 23.3. The van der Waals surface area contributed by atoms with Gasteiger partial charge in [0, 0.05) is 19.9 Å². The van der Waals surface area contributed by atoms with E-state index in [0.717, 1.165) is 5.57 Å². The average molecular weight is 169 g/mol. The molecule has 0 spiro atoms. The van der Waals surface area contributed by atoms with Gasteiger partial charge in [-0.15, -0.1) is 0 Å². The van der Waals surface area contributed by atoms with Gasteiger partial charge in [0.2, 0.25) is 11.8 Å². The van der Waals surface area contributed by atoms with Crippen molar-refractivity contribution in [3.8, 4) is 0 Å². The number of amides is 2. The summed E-state index contributed by atoms with van der Waals surface area (Å²) in [6.07, 6.45) is 0.354. The molecule has 0 unspecified atom stereocenters. The zero-order chi connectivity index (χ0) is 9.72. The summed E-state index contributed by atoms with van der Waals surface area (Å²) in [5.41, 5.74) is 0.812. The molecular weight excluding hydrogens is 154 g/mol. The maximum Gasteiger partial charge on any atom is 0.229 e. The van der Waals surface area contributed by atoms with E-state index >= 15 is 0 Å². The van der Waals surface area contributed by atoms with Crippen LogP contribution in [0.2, 0.25) is 0 Å². The van der Waals surface area contributed by atoms with E-state index in [1.807, 2.05) is 0 Å². The Kier molecular flexibility index (Phi) is 4.26. The van der Waals surface area contributed by atoms with Crippen LogP contribution in [-0.4, -0.2) is 23.3 Å². The summed E-state index contributed by atoms with van der Waals surface area (Å²) in [5, 5.41) is 0. The third-order valence-electron chi connectivity index (χ3n) is 1.41. The molecule has 0 saturated carbocycles. The maximum absolute atomic E-state index is 11.2.